The van der Waals surface area contributed by atoms with Crippen LogP contribution in [0.5, 0.6) is 0 Å². The lowest BCUT2D eigenvalue weighted by Crippen LogP contribution is -2.36. The number of likely N-dealkylation sites (tertiary alicyclic amines) is 1. The monoisotopic (exact) mass is 326 g/mol. The Morgan fingerprint density at radius 3 is 2.67 bits per heavy atom. The Hall–Kier alpha value is -1.85. The number of nitrogens with one attached hydrogen (secondary N) is 1. The lowest BCUT2D eigenvalue weighted by atomic mass is 10.1. The van der Waals surface area contributed by atoms with Gasteiger partial charge in [0.1, 0.15) is 0 Å². The van der Waals surface area contributed by atoms with Crippen LogP contribution < -0.4 is 10.9 Å². The molecule has 2 aliphatic heterocycles. The molecule has 0 unspecified atom stereocenters. The van der Waals surface area contributed by atoms with E-state index in [2.05, 4.69) is 17.1 Å². The summed E-state index contributed by atoms with van der Waals surface area (Å²) in [5, 5.41) is 3.71. The number of rotatable bonds is 3. The highest BCUT2D eigenvalue weighted by Gasteiger charge is 2.30. The van der Waals surface area contributed by atoms with E-state index in [-0.39, 0.29) is 5.56 Å². The second-order valence-electron chi connectivity index (χ2n) is 7.20. The third-order valence-corrected chi connectivity index (χ3v) is 5.66. The average Bonchev–Trinajstić information content (AvgIpc) is 3.02. The van der Waals surface area contributed by atoms with Crippen molar-refractivity contribution in [3.8, 4) is 5.69 Å². The van der Waals surface area contributed by atoms with Gasteiger partial charge in [0.05, 0.1) is 11.3 Å². The molecule has 1 N–H and O–H groups in total. The molecule has 0 radical (unpaired) electrons. The maximum absolute atomic E-state index is 13.0. The topological polar surface area (TPSA) is 42.2 Å². The van der Waals surface area contributed by atoms with Crippen molar-refractivity contribution in [1.29, 1.82) is 0 Å². The number of nitrogens with zero attached hydrogens (tertiary/aromatic N) is 3. The molecule has 3 heterocycles. The zero-order valence-electron chi connectivity index (χ0n) is 14.5. The Labute approximate surface area is 142 Å². The van der Waals surface area contributed by atoms with Crippen molar-refractivity contribution in [3.05, 3.63) is 51.9 Å². The number of fused-ring (bicyclic) bond motifs is 2. The van der Waals surface area contributed by atoms with Crippen LogP contribution in [0.15, 0.2) is 35.1 Å². The van der Waals surface area contributed by atoms with Gasteiger partial charge in [-0.25, -0.2) is 4.68 Å². The second kappa shape index (κ2) is 6.22. The molecule has 0 saturated carbocycles. The summed E-state index contributed by atoms with van der Waals surface area (Å²) in [5.41, 5.74) is 3.03. The van der Waals surface area contributed by atoms with Crippen molar-refractivity contribution in [3.63, 3.8) is 0 Å². The van der Waals surface area contributed by atoms with Crippen LogP contribution in [0.1, 0.15) is 30.5 Å². The van der Waals surface area contributed by atoms with Crippen LogP contribution in [-0.4, -0.2) is 39.4 Å². The highest BCUT2D eigenvalue weighted by molar-refractivity contribution is 5.33. The van der Waals surface area contributed by atoms with E-state index < -0.39 is 0 Å². The highest BCUT2D eigenvalue weighted by Crippen LogP contribution is 2.22. The van der Waals surface area contributed by atoms with Crippen molar-refractivity contribution >= 4 is 0 Å². The maximum Gasteiger partial charge on any atom is 0.276 e. The summed E-state index contributed by atoms with van der Waals surface area (Å²) < 4.78 is 3.77. The summed E-state index contributed by atoms with van der Waals surface area (Å²) in [4.78, 5) is 15.5. The Kier molecular flexibility index (Phi) is 4.06. The van der Waals surface area contributed by atoms with Gasteiger partial charge in [-0.15, -0.1) is 0 Å². The van der Waals surface area contributed by atoms with Crippen molar-refractivity contribution in [1.82, 2.24) is 19.6 Å². The van der Waals surface area contributed by atoms with Crippen LogP contribution in [0.2, 0.25) is 0 Å². The first kappa shape index (κ1) is 15.7. The molecule has 2 atom stereocenters. The Balaban J connectivity index is 1.63. The molecule has 2 aliphatic rings. The predicted molar refractivity (Wildman–Crippen MR) is 95.6 cm³/mol. The van der Waals surface area contributed by atoms with Gasteiger partial charge in [-0.2, -0.15) is 0 Å². The van der Waals surface area contributed by atoms with Gasteiger partial charge in [0, 0.05) is 44.5 Å². The molecule has 2 bridgehead atoms. The van der Waals surface area contributed by atoms with Crippen LogP contribution in [-0.2, 0) is 13.6 Å². The Bertz CT molecular complexity index is 777. The normalized spacial score (nSPS) is 24.2. The van der Waals surface area contributed by atoms with Crippen molar-refractivity contribution < 1.29 is 0 Å². The molecule has 2 aromatic rings. The highest BCUT2D eigenvalue weighted by atomic mass is 16.1. The van der Waals surface area contributed by atoms with E-state index in [0.717, 1.165) is 36.6 Å². The van der Waals surface area contributed by atoms with Crippen LogP contribution in [0, 0.1) is 6.92 Å². The lowest BCUT2D eigenvalue weighted by Gasteiger charge is -2.23. The summed E-state index contributed by atoms with van der Waals surface area (Å²) in [5.74, 6) is 0. The van der Waals surface area contributed by atoms with E-state index in [1.807, 2.05) is 42.1 Å². The van der Waals surface area contributed by atoms with Gasteiger partial charge in [0.15, 0.2) is 0 Å². The fraction of sp³-hybridized carbons (Fsp3) is 0.526. The summed E-state index contributed by atoms with van der Waals surface area (Å²) in [6, 6.07) is 11.2. The minimum atomic E-state index is 0.114. The summed E-state index contributed by atoms with van der Waals surface area (Å²) in [7, 11) is 1.97. The number of aromatic nitrogens is 2. The molecule has 5 heteroatoms. The molecule has 2 saturated heterocycles. The van der Waals surface area contributed by atoms with Crippen molar-refractivity contribution in [2.24, 2.45) is 7.05 Å². The van der Waals surface area contributed by atoms with E-state index in [4.69, 9.17) is 0 Å². The molecule has 5 nitrogen and oxygen atoms in total. The van der Waals surface area contributed by atoms with Gasteiger partial charge < -0.3 is 5.32 Å². The quantitative estimate of drug-likeness (QED) is 0.935. The third-order valence-electron chi connectivity index (χ3n) is 5.66. The standard InChI is InChI=1S/C19H26N4O/c1-14-18(13-22-11-10-15-8-9-16(12-22)20-15)19(24)23(21(14)2)17-6-4-3-5-7-17/h3-7,15-16,20H,8-13H2,1-2H3/t15-,16+/m1/s1. The number of hydrogen-bond donors (Lipinski definition) is 1. The molecule has 1 aromatic carbocycles. The van der Waals surface area contributed by atoms with E-state index in [0.29, 0.717) is 12.1 Å². The SMILES string of the molecule is Cc1c(CN2CC[C@H]3CC[C@@H](C2)N3)c(=O)n(-c2ccccc2)n1C. The smallest absolute Gasteiger partial charge is 0.276 e. The van der Waals surface area contributed by atoms with Gasteiger partial charge in [0.25, 0.3) is 5.56 Å². The van der Waals surface area contributed by atoms with E-state index in [1.54, 1.807) is 4.68 Å². The second-order valence-corrected chi connectivity index (χ2v) is 7.20. The van der Waals surface area contributed by atoms with Crippen LogP contribution in [0.3, 0.4) is 0 Å². The van der Waals surface area contributed by atoms with Gasteiger partial charge in [0.2, 0.25) is 0 Å². The number of hydrogen-bond acceptors (Lipinski definition) is 3. The van der Waals surface area contributed by atoms with E-state index in [9.17, 15) is 4.79 Å². The average molecular weight is 326 g/mol. The fourth-order valence-electron chi connectivity index (χ4n) is 4.19. The molecule has 128 valence electrons. The third kappa shape index (κ3) is 2.72. The minimum absolute atomic E-state index is 0.114. The first-order valence-electron chi connectivity index (χ1n) is 8.95. The number of benzene rings is 1. The van der Waals surface area contributed by atoms with Gasteiger partial charge >= 0.3 is 0 Å². The molecule has 0 aliphatic carbocycles. The predicted octanol–water partition coefficient (Wildman–Crippen LogP) is 1.81. The molecular formula is C19H26N4O. The zero-order valence-corrected chi connectivity index (χ0v) is 14.5. The lowest BCUT2D eigenvalue weighted by molar-refractivity contribution is 0.250. The van der Waals surface area contributed by atoms with E-state index >= 15 is 0 Å². The van der Waals surface area contributed by atoms with E-state index in [1.165, 1.54) is 19.3 Å². The van der Waals surface area contributed by atoms with Crippen molar-refractivity contribution in [2.45, 2.75) is 44.8 Å². The van der Waals surface area contributed by atoms with Gasteiger partial charge in [-0.05, 0) is 38.3 Å². The maximum atomic E-state index is 13.0. The van der Waals surface area contributed by atoms with Gasteiger partial charge in [-0.1, -0.05) is 18.2 Å². The molecule has 24 heavy (non-hydrogen) atoms. The molecule has 4 rings (SSSR count). The van der Waals surface area contributed by atoms with Crippen molar-refractivity contribution in [2.75, 3.05) is 13.1 Å². The first-order valence-corrected chi connectivity index (χ1v) is 8.95. The number of para-hydroxylation sites is 1. The Morgan fingerprint density at radius 2 is 1.88 bits per heavy atom. The Morgan fingerprint density at radius 1 is 1.12 bits per heavy atom. The molecular weight excluding hydrogens is 300 g/mol. The summed E-state index contributed by atoms with van der Waals surface area (Å²) >= 11 is 0. The zero-order chi connectivity index (χ0) is 16.7. The first-order chi connectivity index (χ1) is 11.6. The van der Waals surface area contributed by atoms with Gasteiger partial charge in [-0.3, -0.25) is 14.4 Å². The van der Waals surface area contributed by atoms with Crippen LogP contribution >= 0.6 is 0 Å². The van der Waals surface area contributed by atoms with Crippen LogP contribution in [0.25, 0.3) is 5.69 Å². The summed E-state index contributed by atoms with van der Waals surface area (Å²) in [6.07, 6.45) is 3.77. The largest absolute Gasteiger partial charge is 0.310 e. The molecule has 0 amide bonds. The fourth-order valence-corrected chi connectivity index (χ4v) is 4.19. The summed E-state index contributed by atoms with van der Waals surface area (Å²) in [6.45, 7) is 4.94. The molecule has 1 aromatic heterocycles. The minimum Gasteiger partial charge on any atom is -0.310 e. The molecule has 0 spiro atoms. The molecule has 2 fully saturated rings. The van der Waals surface area contributed by atoms with Crippen LogP contribution in [0.4, 0.5) is 0 Å².